The molecule has 2 N–H and O–H groups in total. The zero-order valence-corrected chi connectivity index (χ0v) is 17.0. The van der Waals surface area contributed by atoms with Crippen LogP contribution >= 0.6 is 0 Å². The zero-order valence-electron chi connectivity index (χ0n) is 17.0. The molecular formula is C19H29N3O6. The molecule has 156 valence electrons. The van der Waals surface area contributed by atoms with Crippen molar-refractivity contribution >= 4 is 17.8 Å². The lowest BCUT2D eigenvalue weighted by Gasteiger charge is -2.36. The van der Waals surface area contributed by atoms with Crippen molar-refractivity contribution in [1.29, 1.82) is 0 Å². The van der Waals surface area contributed by atoms with E-state index in [0.29, 0.717) is 0 Å². The normalized spacial score (nSPS) is 14.4. The summed E-state index contributed by atoms with van der Waals surface area (Å²) >= 11 is 0. The number of esters is 2. The van der Waals surface area contributed by atoms with E-state index in [1.165, 1.54) is 30.0 Å². The van der Waals surface area contributed by atoms with Crippen molar-refractivity contribution in [3.05, 3.63) is 35.4 Å². The highest BCUT2D eigenvalue weighted by Gasteiger charge is 2.42. The average Bonchev–Trinajstić information content (AvgIpc) is 2.64. The number of hydrogen-bond acceptors (Lipinski definition) is 8. The maximum atomic E-state index is 12.3. The van der Waals surface area contributed by atoms with Gasteiger partial charge in [-0.2, -0.15) is 4.98 Å². The number of nitrogens with zero attached hydrogens (tertiary/aromatic N) is 2. The number of carbonyl (C=O) groups is 2. The molecule has 0 unspecified atom stereocenters. The van der Waals surface area contributed by atoms with E-state index in [4.69, 9.17) is 19.9 Å². The molecule has 0 aromatic carbocycles. The molecule has 0 bridgehead atoms. The molecule has 0 aliphatic heterocycles. The number of carbonyl (C=O) groups excluding carboxylic acids is 2. The minimum Gasteiger partial charge on any atom is -0.462 e. The molecule has 0 spiro atoms. The second-order valence-electron chi connectivity index (χ2n) is 6.99. The van der Waals surface area contributed by atoms with Gasteiger partial charge in [-0.25, -0.2) is 4.79 Å². The van der Waals surface area contributed by atoms with Crippen LogP contribution in [0.5, 0.6) is 0 Å². The predicted octanol–water partition coefficient (Wildman–Crippen LogP) is 1.16. The highest BCUT2D eigenvalue weighted by Crippen LogP contribution is 2.24. The molecule has 0 aliphatic rings. The third kappa shape index (κ3) is 5.91. The van der Waals surface area contributed by atoms with Crippen LogP contribution in [0.25, 0.3) is 0 Å². The molecule has 0 saturated heterocycles. The molecular weight excluding hydrogens is 366 g/mol. The van der Waals surface area contributed by atoms with Gasteiger partial charge in [0.15, 0.2) is 11.7 Å². The highest BCUT2D eigenvalue weighted by atomic mass is 16.6. The van der Waals surface area contributed by atoms with E-state index in [1.807, 2.05) is 0 Å². The third-order valence-corrected chi connectivity index (χ3v) is 4.17. The van der Waals surface area contributed by atoms with Crippen LogP contribution in [0.15, 0.2) is 29.7 Å². The van der Waals surface area contributed by atoms with Gasteiger partial charge in [0.2, 0.25) is 0 Å². The quantitative estimate of drug-likeness (QED) is 0.462. The van der Waals surface area contributed by atoms with Crippen LogP contribution in [0.3, 0.4) is 0 Å². The molecule has 9 nitrogen and oxygen atoms in total. The molecule has 0 aliphatic carbocycles. The lowest BCUT2D eigenvalue weighted by Crippen LogP contribution is -2.52. The summed E-state index contributed by atoms with van der Waals surface area (Å²) in [6.45, 7) is 10.2. The van der Waals surface area contributed by atoms with Crippen molar-refractivity contribution in [1.82, 2.24) is 9.55 Å². The summed E-state index contributed by atoms with van der Waals surface area (Å²) in [7, 11) is 1.38. The maximum Gasteiger partial charge on any atom is 0.349 e. The largest absolute Gasteiger partial charge is 0.462 e. The number of methoxy groups -OCH3 is 1. The van der Waals surface area contributed by atoms with Crippen molar-refractivity contribution in [2.75, 3.05) is 19.5 Å². The summed E-state index contributed by atoms with van der Waals surface area (Å²) in [6, 6.07) is 1.45. The SMILES string of the molecule is C=C[C@](COC(=O)C(C)C)(OC)[C@H](Cn1ccc(N)nc1=O)OC(=O)C(C)C. The molecule has 1 aromatic heterocycles. The van der Waals surface area contributed by atoms with Gasteiger partial charge in [0.25, 0.3) is 0 Å². The molecule has 0 amide bonds. The van der Waals surface area contributed by atoms with Gasteiger partial charge in [0.05, 0.1) is 18.4 Å². The first-order valence-corrected chi connectivity index (χ1v) is 8.95. The number of nitrogens with two attached hydrogens (primary N) is 1. The zero-order chi connectivity index (χ0) is 21.5. The van der Waals surface area contributed by atoms with Crippen molar-refractivity contribution in [3.8, 4) is 0 Å². The van der Waals surface area contributed by atoms with Crippen LogP contribution in [-0.2, 0) is 30.3 Å². The van der Waals surface area contributed by atoms with Gasteiger partial charge < -0.3 is 19.9 Å². The molecule has 1 heterocycles. The van der Waals surface area contributed by atoms with Crippen LogP contribution in [-0.4, -0.2) is 46.9 Å². The van der Waals surface area contributed by atoms with Crippen LogP contribution in [0.1, 0.15) is 27.7 Å². The minimum absolute atomic E-state index is 0.0737. The summed E-state index contributed by atoms with van der Waals surface area (Å²) in [6.07, 6.45) is 1.83. The monoisotopic (exact) mass is 395 g/mol. The Hall–Kier alpha value is -2.68. The fourth-order valence-electron chi connectivity index (χ4n) is 2.24. The number of nitrogen functional groups attached to an aromatic ring is 1. The number of anilines is 1. The van der Waals surface area contributed by atoms with Crippen LogP contribution < -0.4 is 11.4 Å². The minimum atomic E-state index is -1.37. The second-order valence-corrected chi connectivity index (χ2v) is 6.99. The van der Waals surface area contributed by atoms with Crippen molar-refractivity contribution in [2.24, 2.45) is 11.8 Å². The Morgan fingerprint density at radius 1 is 1.29 bits per heavy atom. The van der Waals surface area contributed by atoms with Gasteiger partial charge in [-0.1, -0.05) is 40.3 Å². The van der Waals surface area contributed by atoms with Gasteiger partial charge in [-0.05, 0) is 6.07 Å². The standard InChI is InChI=1S/C19H29N3O6/c1-7-19(26-6,11-27-16(23)12(2)3)14(28-17(24)13(4)5)10-22-9-8-15(20)21-18(22)25/h7-9,12-14H,1,10-11H2,2-6H3,(H2,20,21,25)/t14-,19+/m0/s1. The molecule has 1 rings (SSSR count). The molecule has 2 atom stereocenters. The summed E-state index contributed by atoms with van der Waals surface area (Å²) in [4.78, 5) is 40.0. The van der Waals surface area contributed by atoms with E-state index in [9.17, 15) is 14.4 Å². The first-order valence-electron chi connectivity index (χ1n) is 8.95. The first-order chi connectivity index (χ1) is 13.1. The number of aromatic nitrogens is 2. The van der Waals surface area contributed by atoms with E-state index >= 15 is 0 Å². The van der Waals surface area contributed by atoms with Gasteiger partial charge >= 0.3 is 17.6 Å². The number of rotatable bonds is 10. The topological polar surface area (TPSA) is 123 Å². The smallest absolute Gasteiger partial charge is 0.349 e. The van der Waals surface area contributed by atoms with E-state index in [2.05, 4.69) is 11.6 Å². The lowest BCUT2D eigenvalue weighted by molar-refractivity contribution is -0.180. The Balaban J connectivity index is 3.26. The van der Waals surface area contributed by atoms with Crippen LogP contribution in [0, 0.1) is 11.8 Å². The molecule has 28 heavy (non-hydrogen) atoms. The number of hydrogen-bond donors (Lipinski definition) is 1. The molecule has 0 radical (unpaired) electrons. The van der Waals surface area contributed by atoms with Gasteiger partial charge in [-0.15, -0.1) is 0 Å². The van der Waals surface area contributed by atoms with Crippen LogP contribution in [0.2, 0.25) is 0 Å². The summed E-state index contributed by atoms with van der Waals surface area (Å²) < 4.78 is 17.7. The molecule has 0 saturated carbocycles. The van der Waals surface area contributed by atoms with Crippen molar-refractivity contribution in [3.63, 3.8) is 0 Å². The Kier molecular flexibility index (Phi) is 8.36. The maximum absolute atomic E-state index is 12.3. The summed E-state index contributed by atoms with van der Waals surface area (Å²) in [5.41, 5.74) is 3.54. The third-order valence-electron chi connectivity index (χ3n) is 4.17. The Morgan fingerprint density at radius 3 is 2.36 bits per heavy atom. The number of ether oxygens (including phenoxy) is 3. The first kappa shape index (κ1) is 23.4. The van der Waals surface area contributed by atoms with E-state index in [0.717, 1.165) is 0 Å². The van der Waals surface area contributed by atoms with E-state index in [1.54, 1.807) is 27.7 Å². The molecule has 9 heteroatoms. The Morgan fingerprint density at radius 2 is 1.89 bits per heavy atom. The fraction of sp³-hybridized carbons (Fsp3) is 0.579. The Bertz CT molecular complexity index is 758. The van der Waals surface area contributed by atoms with E-state index < -0.39 is 35.3 Å². The van der Waals surface area contributed by atoms with E-state index in [-0.39, 0.29) is 24.9 Å². The van der Waals surface area contributed by atoms with Crippen LogP contribution in [0.4, 0.5) is 5.82 Å². The predicted molar refractivity (Wildman–Crippen MR) is 103 cm³/mol. The highest BCUT2D eigenvalue weighted by molar-refractivity contribution is 5.72. The van der Waals surface area contributed by atoms with Gasteiger partial charge in [0, 0.05) is 13.3 Å². The summed E-state index contributed by atoms with van der Waals surface area (Å²) in [5, 5.41) is 0. The summed E-state index contributed by atoms with van der Waals surface area (Å²) in [5.74, 6) is -1.63. The molecule has 0 fully saturated rings. The average molecular weight is 395 g/mol. The lowest BCUT2D eigenvalue weighted by atomic mass is 9.96. The van der Waals surface area contributed by atoms with Gasteiger partial charge in [-0.3, -0.25) is 14.2 Å². The molecule has 1 aromatic rings. The van der Waals surface area contributed by atoms with Crippen molar-refractivity contribution < 1.29 is 23.8 Å². The second kappa shape index (κ2) is 10.0. The van der Waals surface area contributed by atoms with Gasteiger partial charge in [0.1, 0.15) is 12.4 Å². The Labute approximate surface area is 164 Å². The fourth-order valence-corrected chi connectivity index (χ4v) is 2.24. The van der Waals surface area contributed by atoms with Crippen molar-refractivity contribution in [2.45, 2.75) is 45.9 Å².